The maximum Gasteiger partial charge on any atom is 0.293 e. The van der Waals surface area contributed by atoms with Gasteiger partial charge in [0.05, 0.1) is 10.5 Å². The monoisotopic (exact) mass is 343 g/mol. The van der Waals surface area contributed by atoms with Gasteiger partial charge in [0.15, 0.2) is 0 Å². The van der Waals surface area contributed by atoms with E-state index in [0.717, 1.165) is 0 Å². The van der Waals surface area contributed by atoms with Crippen molar-refractivity contribution in [2.24, 2.45) is 0 Å². The molecule has 1 aliphatic heterocycles. The van der Waals surface area contributed by atoms with Crippen molar-refractivity contribution in [3.8, 4) is 0 Å². The van der Waals surface area contributed by atoms with E-state index in [4.69, 9.17) is 4.74 Å². The van der Waals surface area contributed by atoms with Crippen LogP contribution in [0.15, 0.2) is 22.7 Å². The summed E-state index contributed by atoms with van der Waals surface area (Å²) in [5.74, 6) is -0.413. The van der Waals surface area contributed by atoms with Gasteiger partial charge < -0.3 is 15.4 Å². The van der Waals surface area contributed by atoms with Crippen LogP contribution in [0.2, 0.25) is 0 Å². The number of anilines is 1. The van der Waals surface area contributed by atoms with Crippen LogP contribution in [0.1, 0.15) is 6.92 Å². The Morgan fingerprint density at radius 1 is 1.60 bits per heavy atom. The summed E-state index contributed by atoms with van der Waals surface area (Å²) in [4.78, 5) is 22.1. The molecule has 0 radical (unpaired) electrons. The van der Waals surface area contributed by atoms with Crippen LogP contribution in [-0.2, 0) is 9.53 Å². The number of nitro groups is 1. The lowest BCUT2D eigenvalue weighted by atomic mass is 10.0. The number of rotatable bonds is 5. The lowest BCUT2D eigenvalue weighted by molar-refractivity contribution is -0.384. The predicted octanol–water partition coefficient (Wildman–Crippen LogP) is 1.67. The van der Waals surface area contributed by atoms with Crippen LogP contribution in [0.4, 0.5) is 11.4 Å². The smallest absolute Gasteiger partial charge is 0.293 e. The molecule has 1 amide bonds. The van der Waals surface area contributed by atoms with E-state index >= 15 is 0 Å². The molecule has 0 spiro atoms. The number of nitrogens with one attached hydrogen (secondary N) is 2. The maximum atomic E-state index is 11.8. The maximum absolute atomic E-state index is 11.8. The van der Waals surface area contributed by atoms with E-state index in [1.165, 1.54) is 12.1 Å². The number of amides is 1. The number of hydrogen-bond acceptors (Lipinski definition) is 5. The molecule has 1 fully saturated rings. The number of ether oxygens (including phenoxy) is 1. The molecule has 108 valence electrons. The molecular weight excluding hydrogens is 330 g/mol. The summed E-state index contributed by atoms with van der Waals surface area (Å²) in [6.45, 7) is 3.15. The quantitative estimate of drug-likeness (QED) is 0.626. The molecule has 20 heavy (non-hydrogen) atoms. The van der Waals surface area contributed by atoms with Gasteiger partial charge in [-0.2, -0.15) is 0 Å². The zero-order valence-corrected chi connectivity index (χ0v) is 12.4. The van der Waals surface area contributed by atoms with Gasteiger partial charge in [-0.3, -0.25) is 14.9 Å². The molecule has 0 bridgehead atoms. The third kappa shape index (κ3) is 3.53. The number of nitro benzene ring substituents is 1. The lowest BCUT2D eigenvalue weighted by Crippen LogP contribution is -2.59. The van der Waals surface area contributed by atoms with E-state index in [1.54, 1.807) is 6.07 Å². The van der Waals surface area contributed by atoms with Crippen molar-refractivity contribution >= 4 is 33.2 Å². The van der Waals surface area contributed by atoms with Gasteiger partial charge in [0.25, 0.3) is 11.6 Å². The Labute approximate surface area is 124 Å². The molecule has 1 aromatic carbocycles. The zero-order chi connectivity index (χ0) is 14.8. The van der Waals surface area contributed by atoms with Crippen molar-refractivity contribution in [1.82, 2.24) is 5.32 Å². The second-order valence-corrected chi connectivity index (χ2v) is 5.72. The molecule has 1 aromatic rings. The van der Waals surface area contributed by atoms with E-state index < -0.39 is 10.8 Å². The summed E-state index contributed by atoms with van der Waals surface area (Å²) in [5.41, 5.74) is -0.337. The second kappa shape index (κ2) is 5.86. The minimum atomic E-state index is -0.543. The number of nitrogens with zero attached hydrogens (tertiary/aromatic N) is 1. The van der Waals surface area contributed by atoms with Gasteiger partial charge in [0.2, 0.25) is 0 Å². The SMILES string of the molecule is CC1(OCC(=O)Nc2ccc(Br)cc2[N+](=O)[O-])CNC1. The van der Waals surface area contributed by atoms with Crippen LogP contribution in [0, 0.1) is 10.1 Å². The van der Waals surface area contributed by atoms with E-state index in [9.17, 15) is 14.9 Å². The first-order chi connectivity index (χ1) is 9.39. The molecular formula is C12H14BrN3O4. The summed E-state index contributed by atoms with van der Waals surface area (Å²) in [5, 5.41) is 16.5. The van der Waals surface area contributed by atoms with Crippen LogP contribution in [0.5, 0.6) is 0 Å². The van der Waals surface area contributed by atoms with Gasteiger partial charge in [-0.15, -0.1) is 0 Å². The molecule has 0 atom stereocenters. The Hall–Kier alpha value is -1.51. The first-order valence-corrected chi connectivity index (χ1v) is 6.77. The van der Waals surface area contributed by atoms with Crippen LogP contribution < -0.4 is 10.6 Å². The van der Waals surface area contributed by atoms with Crippen molar-refractivity contribution in [2.45, 2.75) is 12.5 Å². The van der Waals surface area contributed by atoms with Crippen molar-refractivity contribution in [1.29, 1.82) is 0 Å². The van der Waals surface area contributed by atoms with Crippen molar-refractivity contribution < 1.29 is 14.5 Å². The van der Waals surface area contributed by atoms with Crippen LogP contribution in [0.25, 0.3) is 0 Å². The van der Waals surface area contributed by atoms with Gasteiger partial charge >= 0.3 is 0 Å². The number of carbonyl (C=O) groups excluding carboxylic acids is 1. The highest BCUT2D eigenvalue weighted by molar-refractivity contribution is 9.10. The van der Waals surface area contributed by atoms with Crippen molar-refractivity contribution in [3.63, 3.8) is 0 Å². The third-order valence-corrected chi connectivity index (χ3v) is 3.47. The Balaban J connectivity index is 1.98. The van der Waals surface area contributed by atoms with E-state index in [-0.39, 0.29) is 23.6 Å². The van der Waals surface area contributed by atoms with Crippen LogP contribution in [-0.4, -0.2) is 36.1 Å². The highest BCUT2D eigenvalue weighted by Gasteiger charge is 2.33. The molecule has 0 aliphatic carbocycles. The highest BCUT2D eigenvalue weighted by Crippen LogP contribution is 2.28. The zero-order valence-electron chi connectivity index (χ0n) is 10.8. The normalized spacial score (nSPS) is 16.3. The van der Waals surface area contributed by atoms with Crippen molar-refractivity contribution in [2.75, 3.05) is 25.0 Å². The van der Waals surface area contributed by atoms with Crippen LogP contribution in [0.3, 0.4) is 0 Å². The number of carbonyl (C=O) groups is 1. The summed E-state index contributed by atoms with van der Waals surface area (Å²) >= 11 is 3.16. The molecule has 2 N–H and O–H groups in total. The number of halogens is 1. The largest absolute Gasteiger partial charge is 0.363 e. The van der Waals surface area contributed by atoms with Gasteiger partial charge in [0, 0.05) is 23.6 Å². The summed E-state index contributed by atoms with van der Waals surface area (Å²) in [6.07, 6.45) is 0. The molecule has 1 saturated heterocycles. The lowest BCUT2D eigenvalue weighted by Gasteiger charge is -2.38. The molecule has 0 saturated carbocycles. The molecule has 8 heteroatoms. The summed E-state index contributed by atoms with van der Waals surface area (Å²) in [6, 6.07) is 4.45. The molecule has 7 nitrogen and oxygen atoms in total. The molecule has 1 aliphatic rings. The second-order valence-electron chi connectivity index (χ2n) is 4.81. The molecule has 0 aromatic heterocycles. The Morgan fingerprint density at radius 2 is 2.30 bits per heavy atom. The Morgan fingerprint density at radius 3 is 2.85 bits per heavy atom. The topological polar surface area (TPSA) is 93.5 Å². The minimum absolute atomic E-state index is 0.134. The van der Waals surface area contributed by atoms with Gasteiger partial charge in [-0.1, -0.05) is 15.9 Å². The van der Waals surface area contributed by atoms with Gasteiger partial charge in [-0.05, 0) is 19.1 Å². The van der Waals surface area contributed by atoms with Gasteiger partial charge in [-0.25, -0.2) is 0 Å². The van der Waals surface area contributed by atoms with E-state index in [0.29, 0.717) is 17.6 Å². The minimum Gasteiger partial charge on any atom is -0.363 e. The Bertz CT molecular complexity index is 546. The standard InChI is InChI=1S/C12H14BrN3O4/c1-12(6-14-7-12)20-5-11(17)15-9-3-2-8(13)4-10(9)16(18)19/h2-4,14H,5-7H2,1H3,(H,15,17). The molecule has 2 rings (SSSR count). The fourth-order valence-electron chi connectivity index (χ4n) is 1.77. The summed E-state index contributed by atoms with van der Waals surface area (Å²) in [7, 11) is 0. The first kappa shape index (κ1) is 14.9. The first-order valence-electron chi connectivity index (χ1n) is 5.98. The van der Waals surface area contributed by atoms with E-state index in [2.05, 4.69) is 26.6 Å². The average molecular weight is 344 g/mol. The fraction of sp³-hybridized carbons (Fsp3) is 0.417. The van der Waals surface area contributed by atoms with Crippen molar-refractivity contribution in [3.05, 3.63) is 32.8 Å². The number of benzene rings is 1. The highest BCUT2D eigenvalue weighted by atomic mass is 79.9. The van der Waals surface area contributed by atoms with Crippen LogP contribution >= 0.6 is 15.9 Å². The van der Waals surface area contributed by atoms with E-state index in [1.807, 2.05) is 6.92 Å². The van der Waals surface area contributed by atoms with Gasteiger partial charge in [0.1, 0.15) is 12.3 Å². The summed E-state index contributed by atoms with van der Waals surface area (Å²) < 4.78 is 6.05. The molecule has 1 heterocycles. The molecule has 0 unspecified atom stereocenters. The number of hydrogen-bond donors (Lipinski definition) is 2. The predicted molar refractivity (Wildman–Crippen MR) is 76.7 cm³/mol. The third-order valence-electron chi connectivity index (χ3n) is 2.98. The Kier molecular flexibility index (Phi) is 4.36. The average Bonchev–Trinajstić information content (AvgIpc) is 2.36. The fourth-order valence-corrected chi connectivity index (χ4v) is 2.12.